The van der Waals surface area contributed by atoms with Crippen molar-refractivity contribution in [1.82, 2.24) is 0 Å². The number of rotatable bonds is 7. The topological polar surface area (TPSA) is 44.5 Å². The van der Waals surface area contributed by atoms with E-state index in [1.54, 1.807) is 0 Å². The van der Waals surface area contributed by atoms with Gasteiger partial charge in [0.05, 0.1) is 19.3 Å². The molecule has 0 saturated heterocycles. The Morgan fingerprint density at radius 2 is 2.12 bits per heavy atom. The number of para-hydroxylation sites is 1. The lowest BCUT2D eigenvalue weighted by Gasteiger charge is -2.16. The molecule has 94 valence electrons. The van der Waals surface area contributed by atoms with E-state index in [-0.39, 0.29) is 6.04 Å². The molecule has 0 aliphatic heterocycles. The van der Waals surface area contributed by atoms with Crippen LogP contribution >= 0.6 is 0 Å². The van der Waals surface area contributed by atoms with E-state index in [1.165, 1.54) is 12.8 Å². The standard InChI is InChI=1S/C14H21NO2/c1-2-17-14-6-4-3-5-12(14)13(15)10-16-9-11-7-8-11/h3-6,11,13H,2,7-10,15H2,1H3. The maximum Gasteiger partial charge on any atom is 0.124 e. The molecule has 0 aromatic heterocycles. The van der Waals surface area contributed by atoms with Gasteiger partial charge in [-0.1, -0.05) is 18.2 Å². The first-order valence-corrected chi connectivity index (χ1v) is 6.36. The second-order valence-electron chi connectivity index (χ2n) is 4.56. The van der Waals surface area contributed by atoms with Crippen molar-refractivity contribution in [2.75, 3.05) is 19.8 Å². The van der Waals surface area contributed by atoms with E-state index in [0.29, 0.717) is 13.2 Å². The van der Waals surface area contributed by atoms with Crippen LogP contribution in [0.25, 0.3) is 0 Å². The maximum absolute atomic E-state index is 6.13. The zero-order valence-electron chi connectivity index (χ0n) is 10.4. The summed E-state index contributed by atoms with van der Waals surface area (Å²) in [5.41, 5.74) is 7.16. The third-order valence-electron chi connectivity index (χ3n) is 2.97. The van der Waals surface area contributed by atoms with Crippen molar-refractivity contribution in [3.05, 3.63) is 29.8 Å². The molecule has 1 saturated carbocycles. The molecule has 0 bridgehead atoms. The summed E-state index contributed by atoms with van der Waals surface area (Å²) in [6.07, 6.45) is 2.62. The van der Waals surface area contributed by atoms with Crippen LogP contribution in [0.3, 0.4) is 0 Å². The smallest absolute Gasteiger partial charge is 0.124 e. The van der Waals surface area contributed by atoms with E-state index in [1.807, 2.05) is 31.2 Å². The largest absolute Gasteiger partial charge is 0.494 e. The van der Waals surface area contributed by atoms with Crippen LogP contribution in [-0.4, -0.2) is 19.8 Å². The average Bonchev–Trinajstić information content (AvgIpc) is 3.14. The zero-order chi connectivity index (χ0) is 12.1. The minimum atomic E-state index is -0.100. The molecule has 0 radical (unpaired) electrons. The lowest BCUT2D eigenvalue weighted by molar-refractivity contribution is 0.111. The molecule has 1 aliphatic rings. The fourth-order valence-electron chi connectivity index (χ4n) is 1.81. The lowest BCUT2D eigenvalue weighted by atomic mass is 10.1. The molecule has 1 unspecified atom stereocenters. The van der Waals surface area contributed by atoms with Crippen molar-refractivity contribution in [2.24, 2.45) is 11.7 Å². The molecule has 2 rings (SSSR count). The molecule has 1 aliphatic carbocycles. The second-order valence-corrected chi connectivity index (χ2v) is 4.56. The van der Waals surface area contributed by atoms with E-state index in [2.05, 4.69) is 0 Å². The lowest BCUT2D eigenvalue weighted by Crippen LogP contribution is -2.19. The monoisotopic (exact) mass is 235 g/mol. The van der Waals surface area contributed by atoms with E-state index in [9.17, 15) is 0 Å². The molecular formula is C14H21NO2. The SMILES string of the molecule is CCOc1ccccc1C(N)COCC1CC1. The van der Waals surface area contributed by atoms with Gasteiger partial charge < -0.3 is 15.2 Å². The first-order chi connectivity index (χ1) is 8.31. The molecule has 3 nitrogen and oxygen atoms in total. The average molecular weight is 235 g/mol. The zero-order valence-corrected chi connectivity index (χ0v) is 10.4. The number of nitrogens with two attached hydrogens (primary N) is 1. The Balaban J connectivity index is 1.89. The van der Waals surface area contributed by atoms with Gasteiger partial charge in [-0.05, 0) is 31.7 Å². The summed E-state index contributed by atoms with van der Waals surface area (Å²) in [5, 5.41) is 0. The fraction of sp³-hybridized carbons (Fsp3) is 0.571. The Morgan fingerprint density at radius 1 is 1.35 bits per heavy atom. The number of ether oxygens (including phenoxy) is 2. The highest BCUT2D eigenvalue weighted by atomic mass is 16.5. The number of hydrogen-bond donors (Lipinski definition) is 1. The highest BCUT2D eigenvalue weighted by Gasteiger charge is 2.22. The van der Waals surface area contributed by atoms with Crippen LogP contribution in [0.4, 0.5) is 0 Å². The maximum atomic E-state index is 6.13. The van der Waals surface area contributed by atoms with Gasteiger partial charge >= 0.3 is 0 Å². The molecule has 1 atom stereocenters. The van der Waals surface area contributed by atoms with Crippen molar-refractivity contribution in [3.63, 3.8) is 0 Å². The Hall–Kier alpha value is -1.06. The van der Waals surface area contributed by atoms with Gasteiger partial charge in [-0.15, -0.1) is 0 Å². The Morgan fingerprint density at radius 3 is 2.82 bits per heavy atom. The molecule has 1 fully saturated rings. The van der Waals surface area contributed by atoms with E-state index in [0.717, 1.165) is 23.8 Å². The molecular weight excluding hydrogens is 214 g/mol. The van der Waals surface area contributed by atoms with Gasteiger partial charge in [0.15, 0.2) is 0 Å². The minimum absolute atomic E-state index is 0.100. The van der Waals surface area contributed by atoms with Crippen LogP contribution in [0.5, 0.6) is 5.75 Å². The molecule has 0 spiro atoms. The first kappa shape index (κ1) is 12.4. The van der Waals surface area contributed by atoms with Gasteiger partial charge in [0, 0.05) is 12.2 Å². The molecule has 3 heteroatoms. The molecule has 2 N–H and O–H groups in total. The van der Waals surface area contributed by atoms with Gasteiger partial charge in [-0.3, -0.25) is 0 Å². The second kappa shape index (κ2) is 6.03. The van der Waals surface area contributed by atoms with Crippen LogP contribution < -0.4 is 10.5 Å². The summed E-state index contributed by atoms with van der Waals surface area (Å²) in [7, 11) is 0. The first-order valence-electron chi connectivity index (χ1n) is 6.36. The third kappa shape index (κ3) is 3.72. The van der Waals surface area contributed by atoms with Gasteiger partial charge in [-0.2, -0.15) is 0 Å². The Kier molecular flexibility index (Phi) is 4.40. The van der Waals surface area contributed by atoms with E-state index < -0.39 is 0 Å². The van der Waals surface area contributed by atoms with Crippen molar-refractivity contribution < 1.29 is 9.47 Å². The van der Waals surface area contributed by atoms with Gasteiger partial charge in [0.2, 0.25) is 0 Å². The van der Waals surface area contributed by atoms with Crippen LogP contribution in [0, 0.1) is 5.92 Å². The van der Waals surface area contributed by atoms with E-state index >= 15 is 0 Å². The predicted molar refractivity (Wildman–Crippen MR) is 68.1 cm³/mol. The van der Waals surface area contributed by atoms with Crippen molar-refractivity contribution in [2.45, 2.75) is 25.8 Å². The summed E-state index contributed by atoms with van der Waals surface area (Å²) in [4.78, 5) is 0. The van der Waals surface area contributed by atoms with Gasteiger partial charge in [0.1, 0.15) is 5.75 Å². The quantitative estimate of drug-likeness (QED) is 0.789. The Labute approximate surface area is 103 Å². The predicted octanol–water partition coefficient (Wildman–Crippen LogP) is 2.51. The van der Waals surface area contributed by atoms with Crippen molar-refractivity contribution in [1.29, 1.82) is 0 Å². The number of benzene rings is 1. The van der Waals surface area contributed by atoms with Crippen LogP contribution in [0.15, 0.2) is 24.3 Å². The van der Waals surface area contributed by atoms with Gasteiger partial charge in [-0.25, -0.2) is 0 Å². The van der Waals surface area contributed by atoms with Crippen molar-refractivity contribution >= 4 is 0 Å². The normalized spacial score (nSPS) is 16.8. The minimum Gasteiger partial charge on any atom is -0.494 e. The molecule has 1 aromatic rings. The molecule has 1 aromatic carbocycles. The van der Waals surface area contributed by atoms with Gasteiger partial charge in [0.25, 0.3) is 0 Å². The van der Waals surface area contributed by atoms with Crippen molar-refractivity contribution in [3.8, 4) is 5.75 Å². The highest BCUT2D eigenvalue weighted by Crippen LogP contribution is 2.29. The third-order valence-corrected chi connectivity index (χ3v) is 2.97. The fourth-order valence-corrected chi connectivity index (χ4v) is 1.81. The summed E-state index contributed by atoms with van der Waals surface area (Å²) in [6, 6.07) is 7.82. The number of hydrogen-bond acceptors (Lipinski definition) is 3. The summed E-state index contributed by atoms with van der Waals surface area (Å²) >= 11 is 0. The highest BCUT2D eigenvalue weighted by molar-refractivity contribution is 5.35. The van der Waals surface area contributed by atoms with E-state index in [4.69, 9.17) is 15.2 Å². The summed E-state index contributed by atoms with van der Waals surface area (Å²) in [5.74, 6) is 1.65. The van der Waals surface area contributed by atoms with Crippen LogP contribution in [0.2, 0.25) is 0 Å². The van der Waals surface area contributed by atoms with Crippen LogP contribution in [0.1, 0.15) is 31.4 Å². The molecule has 0 amide bonds. The van der Waals surface area contributed by atoms with Crippen LogP contribution in [-0.2, 0) is 4.74 Å². The summed E-state index contributed by atoms with van der Waals surface area (Å²) in [6.45, 7) is 4.06. The molecule has 17 heavy (non-hydrogen) atoms. The summed E-state index contributed by atoms with van der Waals surface area (Å²) < 4.78 is 11.2. The Bertz CT molecular complexity index is 350. The molecule has 0 heterocycles.